The third kappa shape index (κ3) is 2.90. The Hall–Kier alpha value is -2.31. The van der Waals surface area contributed by atoms with Crippen molar-refractivity contribution in [2.24, 2.45) is 0 Å². The van der Waals surface area contributed by atoms with Crippen LogP contribution in [0.15, 0.2) is 58.3 Å². The molecule has 0 amide bonds. The number of hydrogen-bond donors (Lipinski definition) is 0. The average molecular weight is 357 g/mol. The minimum Gasteiger partial charge on any atom is -0.410 e. The van der Waals surface area contributed by atoms with Crippen LogP contribution in [0.2, 0.25) is 5.02 Å². The highest BCUT2D eigenvalue weighted by Crippen LogP contribution is 2.28. The lowest BCUT2D eigenvalue weighted by atomic mass is 10.2. The Bertz CT molecular complexity index is 996. The summed E-state index contributed by atoms with van der Waals surface area (Å²) in [5.74, 6) is 1.22. The van der Waals surface area contributed by atoms with Crippen LogP contribution in [-0.4, -0.2) is 19.6 Å². The van der Waals surface area contributed by atoms with E-state index >= 15 is 0 Å². The van der Waals surface area contributed by atoms with Gasteiger partial charge in [-0.2, -0.15) is 0 Å². The van der Waals surface area contributed by atoms with Crippen molar-refractivity contribution in [3.8, 4) is 11.6 Å². The smallest absolute Gasteiger partial charge is 0.277 e. The van der Waals surface area contributed by atoms with Gasteiger partial charge in [-0.3, -0.25) is 4.40 Å². The first-order valence-electron chi connectivity index (χ1n) is 7.35. The van der Waals surface area contributed by atoms with E-state index in [0.717, 1.165) is 22.8 Å². The molecule has 0 aliphatic carbocycles. The number of benzene rings is 1. The van der Waals surface area contributed by atoms with Crippen LogP contribution in [0, 0.1) is 6.92 Å². The van der Waals surface area contributed by atoms with Gasteiger partial charge in [0.2, 0.25) is 0 Å². The molecule has 0 saturated carbocycles. The fourth-order valence-corrected chi connectivity index (χ4v) is 3.36. The largest absolute Gasteiger partial charge is 0.410 e. The number of rotatable bonds is 4. The van der Waals surface area contributed by atoms with Crippen molar-refractivity contribution >= 4 is 29.0 Å². The molecule has 1 aromatic carbocycles. The summed E-state index contributed by atoms with van der Waals surface area (Å²) in [5, 5.41) is 9.46. The highest BCUT2D eigenvalue weighted by atomic mass is 35.5. The molecule has 0 saturated heterocycles. The molecule has 4 rings (SSSR count). The molecule has 3 heterocycles. The molecule has 0 unspecified atom stereocenters. The van der Waals surface area contributed by atoms with Gasteiger partial charge in [-0.15, -0.1) is 10.2 Å². The van der Waals surface area contributed by atoms with Crippen molar-refractivity contribution in [3.63, 3.8) is 0 Å². The van der Waals surface area contributed by atoms with Crippen molar-refractivity contribution < 1.29 is 4.42 Å². The lowest BCUT2D eigenvalue weighted by Gasteiger charge is -1.99. The lowest BCUT2D eigenvalue weighted by Crippen LogP contribution is -1.89. The Morgan fingerprint density at radius 2 is 1.96 bits per heavy atom. The summed E-state index contributed by atoms with van der Waals surface area (Å²) in [6.07, 6.45) is 1.80. The first-order valence-corrected chi connectivity index (χ1v) is 8.72. The molecule has 0 bridgehead atoms. The first-order chi connectivity index (χ1) is 11.7. The van der Waals surface area contributed by atoms with Crippen molar-refractivity contribution in [2.75, 3.05) is 0 Å². The van der Waals surface area contributed by atoms with E-state index in [1.807, 2.05) is 41.7 Å². The standard InChI is InChI=1S/C17H13ClN4OS/c1-11-15(22-9-13(18)7-8-14(22)19-11)16-20-21-17(23-16)24-10-12-5-3-2-4-6-12/h2-9H,10H2,1H3. The van der Waals surface area contributed by atoms with Crippen LogP contribution in [0.1, 0.15) is 11.3 Å². The number of aromatic nitrogens is 4. The SMILES string of the molecule is Cc1nc2ccc(Cl)cn2c1-c1nnc(SCc2ccccc2)o1. The van der Waals surface area contributed by atoms with Crippen LogP contribution in [0.4, 0.5) is 0 Å². The number of halogens is 1. The Morgan fingerprint density at radius 3 is 2.79 bits per heavy atom. The Morgan fingerprint density at radius 1 is 1.12 bits per heavy atom. The summed E-state index contributed by atoms with van der Waals surface area (Å²) >= 11 is 7.60. The average Bonchev–Trinajstić information content (AvgIpc) is 3.17. The topological polar surface area (TPSA) is 56.2 Å². The summed E-state index contributed by atoms with van der Waals surface area (Å²) < 4.78 is 7.69. The van der Waals surface area contributed by atoms with Crippen LogP contribution >= 0.6 is 23.4 Å². The second-order valence-electron chi connectivity index (χ2n) is 5.27. The Balaban J connectivity index is 1.63. The molecular weight excluding hydrogens is 344 g/mol. The normalized spacial score (nSPS) is 11.2. The van der Waals surface area contributed by atoms with E-state index in [4.69, 9.17) is 16.0 Å². The maximum atomic E-state index is 6.09. The molecule has 5 nitrogen and oxygen atoms in total. The van der Waals surface area contributed by atoms with Crippen molar-refractivity contribution in [3.05, 3.63) is 64.9 Å². The van der Waals surface area contributed by atoms with Crippen molar-refractivity contribution in [2.45, 2.75) is 17.9 Å². The fraction of sp³-hybridized carbons (Fsp3) is 0.118. The number of imidazole rings is 1. The molecule has 120 valence electrons. The van der Waals surface area contributed by atoms with Crippen LogP contribution in [0.5, 0.6) is 0 Å². The summed E-state index contributed by atoms with van der Waals surface area (Å²) in [5.41, 5.74) is 3.59. The second kappa shape index (κ2) is 6.30. The highest BCUT2D eigenvalue weighted by molar-refractivity contribution is 7.98. The van der Waals surface area contributed by atoms with Gasteiger partial charge >= 0.3 is 0 Å². The molecule has 0 fully saturated rings. The van der Waals surface area contributed by atoms with Gasteiger partial charge in [0.05, 0.1) is 10.7 Å². The zero-order chi connectivity index (χ0) is 16.5. The number of nitrogens with zero attached hydrogens (tertiary/aromatic N) is 4. The van der Waals surface area contributed by atoms with Gasteiger partial charge in [-0.25, -0.2) is 4.98 Å². The fourth-order valence-electron chi connectivity index (χ4n) is 2.48. The summed E-state index contributed by atoms with van der Waals surface area (Å²) in [7, 11) is 0. The van der Waals surface area contributed by atoms with Gasteiger partial charge in [0.15, 0.2) is 0 Å². The van der Waals surface area contributed by atoms with Gasteiger partial charge < -0.3 is 4.42 Å². The third-order valence-electron chi connectivity index (χ3n) is 3.57. The van der Waals surface area contributed by atoms with E-state index in [0.29, 0.717) is 16.1 Å². The molecule has 4 aromatic rings. The molecule has 0 atom stereocenters. The summed E-state index contributed by atoms with van der Waals surface area (Å²) in [4.78, 5) is 4.50. The number of hydrogen-bond acceptors (Lipinski definition) is 5. The zero-order valence-corrected chi connectivity index (χ0v) is 14.4. The molecule has 0 radical (unpaired) electrons. The molecule has 24 heavy (non-hydrogen) atoms. The number of fused-ring (bicyclic) bond motifs is 1. The maximum absolute atomic E-state index is 6.09. The summed E-state index contributed by atoms with van der Waals surface area (Å²) in [6, 6.07) is 13.8. The van der Waals surface area contributed by atoms with Gasteiger partial charge in [0.1, 0.15) is 11.3 Å². The highest BCUT2D eigenvalue weighted by Gasteiger charge is 2.17. The van der Waals surface area contributed by atoms with E-state index < -0.39 is 0 Å². The number of pyridine rings is 1. The Kier molecular flexibility index (Phi) is 4.00. The predicted molar refractivity (Wildman–Crippen MR) is 94.2 cm³/mol. The van der Waals surface area contributed by atoms with E-state index in [2.05, 4.69) is 27.3 Å². The summed E-state index contributed by atoms with van der Waals surface area (Å²) in [6.45, 7) is 1.91. The molecule has 3 aromatic heterocycles. The molecule has 0 aliphatic heterocycles. The zero-order valence-electron chi connectivity index (χ0n) is 12.8. The molecule has 0 aliphatic rings. The van der Waals surface area contributed by atoms with Crippen molar-refractivity contribution in [1.82, 2.24) is 19.6 Å². The van der Waals surface area contributed by atoms with Gasteiger partial charge in [0, 0.05) is 11.9 Å². The van der Waals surface area contributed by atoms with Gasteiger partial charge in [-0.05, 0) is 24.6 Å². The number of aryl methyl sites for hydroxylation is 1. The molecule has 0 N–H and O–H groups in total. The maximum Gasteiger partial charge on any atom is 0.277 e. The van der Waals surface area contributed by atoms with E-state index in [9.17, 15) is 0 Å². The van der Waals surface area contributed by atoms with E-state index in [1.165, 1.54) is 17.3 Å². The quantitative estimate of drug-likeness (QED) is 0.498. The minimum absolute atomic E-state index is 0.442. The molecule has 0 spiro atoms. The minimum atomic E-state index is 0.442. The van der Waals surface area contributed by atoms with Crippen LogP contribution in [0.25, 0.3) is 17.2 Å². The van der Waals surface area contributed by atoms with E-state index in [1.54, 1.807) is 6.20 Å². The molecule has 7 heteroatoms. The monoisotopic (exact) mass is 356 g/mol. The molecular formula is C17H13ClN4OS. The predicted octanol–water partition coefficient (Wildman–Crippen LogP) is 4.64. The van der Waals surface area contributed by atoms with Crippen LogP contribution < -0.4 is 0 Å². The number of thioether (sulfide) groups is 1. The van der Waals surface area contributed by atoms with Crippen LogP contribution in [0.3, 0.4) is 0 Å². The Labute approximate surface area is 147 Å². The van der Waals surface area contributed by atoms with Crippen LogP contribution in [-0.2, 0) is 5.75 Å². The van der Waals surface area contributed by atoms with E-state index in [-0.39, 0.29) is 0 Å². The van der Waals surface area contributed by atoms with Gasteiger partial charge in [0.25, 0.3) is 11.1 Å². The van der Waals surface area contributed by atoms with Gasteiger partial charge in [-0.1, -0.05) is 53.7 Å². The lowest BCUT2D eigenvalue weighted by molar-refractivity contribution is 0.464. The third-order valence-corrected chi connectivity index (χ3v) is 4.68. The van der Waals surface area contributed by atoms with Crippen molar-refractivity contribution in [1.29, 1.82) is 0 Å². The second-order valence-corrected chi connectivity index (χ2v) is 6.63. The first kappa shape index (κ1) is 15.2.